The molecule has 0 aromatic heterocycles. The van der Waals surface area contributed by atoms with Gasteiger partial charge in [0.1, 0.15) is 11.5 Å². The molecular weight excluding hydrogens is 226 g/mol. The second-order valence-electron chi connectivity index (χ2n) is 3.91. The van der Waals surface area contributed by atoms with Crippen molar-refractivity contribution >= 4 is 6.21 Å². The number of nitrogens with zero attached hydrogens (tertiary/aromatic N) is 1. The Kier molecular flexibility index (Phi) is 3.97. The molecule has 0 saturated heterocycles. The Hall–Kier alpha value is -2.29. The van der Waals surface area contributed by atoms with Gasteiger partial charge >= 0.3 is 0 Å². The third-order valence-corrected chi connectivity index (χ3v) is 2.57. The molecule has 0 aliphatic heterocycles. The molecule has 0 radical (unpaired) electrons. The van der Waals surface area contributed by atoms with Crippen molar-refractivity contribution < 1.29 is 9.84 Å². The lowest BCUT2D eigenvalue weighted by atomic mass is 10.2. The van der Waals surface area contributed by atoms with E-state index in [1.807, 2.05) is 36.4 Å². The smallest absolute Gasteiger partial charge is 0.118 e. The van der Waals surface area contributed by atoms with E-state index in [2.05, 4.69) is 4.99 Å². The van der Waals surface area contributed by atoms with Crippen LogP contribution in [0.25, 0.3) is 0 Å². The Morgan fingerprint density at radius 2 is 1.72 bits per heavy atom. The van der Waals surface area contributed by atoms with Gasteiger partial charge in [-0.15, -0.1) is 0 Å². The minimum Gasteiger partial charge on any atom is -0.508 e. The zero-order chi connectivity index (χ0) is 12.8. The van der Waals surface area contributed by atoms with E-state index in [0.29, 0.717) is 6.54 Å². The Labute approximate surface area is 106 Å². The maximum absolute atomic E-state index is 9.15. The number of aliphatic imine (C=N–C) groups is 1. The van der Waals surface area contributed by atoms with Crippen LogP contribution in [-0.2, 0) is 6.54 Å². The SMILES string of the molecule is COc1ccc(CN=Cc2ccc(O)cc2)cc1. The highest BCUT2D eigenvalue weighted by atomic mass is 16.5. The average molecular weight is 241 g/mol. The Morgan fingerprint density at radius 1 is 1.06 bits per heavy atom. The van der Waals surface area contributed by atoms with Crippen LogP contribution >= 0.6 is 0 Å². The second kappa shape index (κ2) is 5.87. The normalized spacial score (nSPS) is 10.7. The number of rotatable bonds is 4. The molecular formula is C15H15NO2. The molecule has 0 amide bonds. The lowest BCUT2D eigenvalue weighted by Crippen LogP contribution is -1.86. The van der Waals surface area contributed by atoms with E-state index in [1.54, 1.807) is 25.5 Å². The number of phenols is 1. The molecule has 0 aliphatic carbocycles. The summed E-state index contributed by atoms with van der Waals surface area (Å²) in [5, 5.41) is 9.15. The van der Waals surface area contributed by atoms with E-state index >= 15 is 0 Å². The molecule has 3 nitrogen and oxygen atoms in total. The molecule has 1 N–H and O–H groups in total. The van der Waals surface area contributed by atoms with Crippen LogP contribution in [0.1, 0.15) is 11.1 Å². The maximum atomic E-state index is 9.15. The molecule has 2 aromatic carbocycles. The van der Waals surface area contributed by atoms with E-state index in [0.717, 1.165) is 16.9 Å². The Morgan fingerprint density at radius 3 is 2.33 bits per heavy atom. The van der Waals surface area contributed by atoms with Gasteiger partial charge in [0.05, 0.1) is 13.7 Å². The van der Waals surface area contributed by atoms with Crippen molar-refractivity contribution in [1.82, 2.24) is 0 Å². The highest BCUT2D eigenvalue weighted by molar-refractivity contribution is 5.79. The summed E-state index contributed by atoms with van der Waals surface area (Å²) in [6.45, 7) is 0.630. The van der Waals surface area contributed by atoms with Gasteiger partial charge in [-0.3, -0.25) is 4.99 Å². The third-order valence-electron chi connectivity index (χ3n) is 2.57. The van der Waals surface area contributed by atoms with Crippen molar-refractivity contribution in [3.8, 4) is 11.5 Å². The maximum Gasteiger partial charge on any atom is 0.118 e. The number of hydrogen-bond acceptors (Lipinski definition) is 3. The number of phenolic OH excluding ortho intramolecular Hbond substituents is 1. The number of methoxy groups -OCH3 is 1. The van der Waals surface area contributed by atoms with E-state index < -0.39 is 0 Å². The van der Waals surface area contributed by atoms with Crippen LogP contribution in [0.2, 0.25) is 0 Å². The predicted octanol–water partition coefficient (Wildman–Crippen LogP) is 3.02. The first kappa shape index (κ1) is 12.2. The first-order valence-corrected chi connectivity index (χ1v) is 5.70. The first-order valence-electron chi connectivity index (χ1n) is 5.70. The van der Waals surface area contributed by atoms with Crippen molar-refractivity contribution in [3.63, 3.8) is 0 Å². The summed E-state index contributed by atoms with van der Waals surface area (Å²) < 4.78 is 5.09. The van der Waals surface area contributed by atoms with E-state index in [9.17, 15) is 0 Å². The molecule has 18 heavy (non-hydrogen) atoms. The molecule has 0 aliphatic rings. The molecule has 0 spiro atoms. The van der Waals surface area contributed by atoms with Gasteiger partial charge in [-0.05, 0) is 47.5 Å². The summed E-state index contributed by atoms with van der Waals surface area (Å²) in [5.41, 5.74) is 2.10. The largest absolute Gasteiger partial charge is 0.508 e. The molecule has 2 rings (SSSR count). The van der Waals surface area contributed by atoms with Gasteiger partial charge in [-0.2, -0.15) is 0 Å². The molecule has 0 atom stereocenters. The number of aromatic hydroxyl groups is 1. The van der Waals surface area contributed by atoms with Gasteiger partial charge in [0, 0.05) is 6.21 Å². The van der Waals surface area contributed by atoms with Gasteiger partial charge in [-0.25, -0.2) is 0 Å². The van der Waals surface area contributed by atoms with Crippen molar-refractivity contribution in [1.29, 1.82) is 0 Å². The van der Waals surface area contributed by atoms with E-state index in [1.165, 1.54) is 0 Å². The fraction of sp³-hybridized carbons (Fsp3) is 0.133. The van der Waals surface area contributed by atoms with Crippen LogP contribution in [-0.4, -0.2) is 18.4 Å². The standard InChI is InChI=1S/C15H15NO2/c1-18-15-8-4-13(5-9-15)11-16-10-12-2-6-14(17)7-3-12/h2-10,17H,11H2,1H3. The minimum atomic E-state index is 0.266. The molecule has 0 heterocycles. The summed E-state index contributed by atoms with van der Waals surface area (Å²) in [5.74, 6) is 1.11. The average Bonchev–Trinajstić information content (AvgIpc) is 2.42. The molecule has 3 heteroatoms. The molecule has 2 aromatic rings. The van der Waals surface area contributed by atoms with Gasteiger partial charge in [0.2, 0.25) is 0 Å². The van der Waals surface area contributed by atoms with Crippen LogP contribution in [0.4, 0.5) is 0 Å². The Balaban J connectivity index is 1.95. The van der Waals surface area contributed by atoms with E-state index in [-0.39, 0.29) is 5.75 Å². The van der Waals surface area contributed by atoms with Crippen LogP contribution in [0.15, 0.2) is 53.5 Å². The predicted molar refractivity (Wildman–Crippen MR) is 72.4 cm³/mol. The van der Waals surface area contributed by atoms with E-state index in [4.69, 9.17) is 9.84 Å². The van der Waals surface area contributed by atoms with Crippen LogP contribution in [0.3, 0.4) is 0 Å². The minimum absolute atomic E-state index is 0.266. The zero-order valence-electron chi connectivity index (χ0n) is 10.2. The monoisotopic (exact) mass is 241 g/mol. The van der Waals surface area contributed by atoms with Crippen LogP contribution in [0, 0.1) is 0 Å². The number of hydrogen-bond donors (Lipinski definition) is 1. The number of benzene rings is 2. The molecule has 0 saturated carbocycles. The zero-order valence-corrected chi connectivity index (χ0v) is 10.2. The number of ether oxygens (including phenoxy) is 1. The van der Waals surface area contributed by atoms with Gasteiger partial charge in [-0.1, -0.05) is 12.1 Å². The van der Waals surface area contributed by atoms with Gasteiger partial charge in [0.15, 0.2) is 0 Å². The van der Waals surface area contributed by atoms with Gasteiger partial charge in [0.25, 0.3) is 0 Å². The highest BCUT2D eigenvalue weighted by Gasteiger charge is 1.93. The summed E-state index contributed by atoms with van der Waals surface area (Å²) in [6, 6.07) is 14.8. The quantitative estimate of drug-likeness (QED) is 0.836. The summed E-state index contributed by atoms with van der Waals surface area (Å²) in [7, 11) is 1.65. The lowest BCUT2D eigenvalue weighted by Gasteiger charge is -2.00. The van der Waals surface area contributed by atoms with Crippen molar-refractivity contribution in [2.24, 2.45) is 4.99 Å². The molecule has 92 valence electrons. The molecule has 0 bridgehead atoms. The first-order chi connectivity index (χ1) is 8.78. The van der Waals surface area contributed by atoms with Crippen LogP contribution in [0.5, 0.6) is 11.5 Å². The summed E-state index contributed by atoms with van der Waals surface area (Å²) >= 11 is 0. The fourth-order valence-electron chi connectivity index (χ4n) is 1.55. The van der Waals surface area contributed by atoms with Crippen molar-refractivity contribution in [2.75, 3.05) is 7.11 Å². The van der Waals surface area contributed by atoms with Gasteiger partial charge < -0.3 is 9.84 Å². The fourth-order valence-corrected chi connectivity index (χ4v) is 1.55. The Bertz CT molecular complexity index is 515. The van der Waals surface area contributed by atoms with Crippen molar-refractivity contribution in [3.05, 3.63) is 59.7 Å². The molecule has 0 unspecified atom stereocenters. The van der Waals surface area contributed by atoms with Crippen LogP contribution < -0.4 is 4.74 Å². The third kappa shape index (κ3) is 3.35. The highest BCUT2D eigenvalue weighted by Crippen LogP contribution is 2.12. The van der Waals surface area contributed by atoms with Crippen molar-refractivity contribution in [2.45, 2.75) is 6.54 Å². The summed E-state index contributed by atoms with van der Waals surface area (Å²) in [4.78, 5) is 4.35. The topological polar surface area (TPSA) is 41.8 Å². The second-order valence-corrected chi connectivity index (χ2v) is 3.91. The molecule has 0 fully saturated rings. The lowest BCUT2D eigenvalue weighted by molar-refractivity contribution is 0.414. The summed E-state index contributed by atoms with van der Waals surface area (Å²) in [6.07, 6.45) is 1.80.